The minimum absolute atomic E-state index is 0.0549. The zero-order valence-corrected chi connectivity index (χ0v) is 16.7. The molecule has 0 atom stereocenters. The number of sulfonamides is 1. The van der Waals surface area contributed by atoms with Crippen LogP contribution in [0.4, 0.5) is 5.69 Å². The van der Waals surface area contributed by atoms with E-state index < -0.39 is 10.0 Å². The van der Waals surface area contributed by atoms with Gasteiger partial charge in [-0.3, -0.25) is 4.99 Å². The molecule has 2 aromatic carbocycles. The first-order valence-electron chi connectivity index (χ1n) is 9.02. The van der Waals surface area contributed by atoms with Crippen LogP contribution in [0.2, 0.25) is 0 Å². The van der Waals surface area contributed by atoms with E-state index in [4.69, 9.17) is 4.74 Å². The van der Waals surface area contributed by atoms with Crippen LogP contribution in [-0.2, 0) is 10.0 Å². The Bertz CT molecular complexity index is 891. The van der Waals surface area contributed by atoms with Crippen molar-refractivity contribution >= 4 is 21.9 Å². The molecule has 0 bridgehead atoms. The molecule has 27 heavy (non-hydrogen) atoms. The number of aliphatic imine (C=N–C) groups is 1. The van der Waals surface area contributed by atoms with E-state index in [2.05, 4.69) is 4.99 Å². The Morgan fingerprint density at radius 1 is 1.11 bits per heavy atom. The molecule has 0 saturated heterocycles. The van der Waals surface area contributed by atoms with E-state index in [1.165, 1.54) is 22.7 Å². The molecule has 0 radical (unpaired) electrons. The summed E-state index contributed by atoms with van der Waals surface area (Å²) in [6, 6.07) is 11.5. The predicted octanol–water partition coefficient (Wildman–Crippen LogP) is 3.96. The van der Waals surface area contributed by atoms with Crippen LogP contribution >= 0.6 is 0 Å². The second kappa shape index (κ2) is 9.53. The number of hydrogen-bond acceptors (Lipinski definition) is 5. The van der Waals surface area contributed by atoms with E-state index in [9.17, 15) is 13.5 Å². The predicted molar refractivity (Wildman–Crippen MR) is 108 cm³/mol. The number of phenolic OH excluding ortho intramolecular Hbond substituents is 1. The number of benzene rings is 2. The summed E-state index contributed by atoms with van der Waals surface area (Å²) >= 11 is 0. The van der Waals surface area contributed by atoms with E-state index >= 15 is 0 Å². The first-order chi connectivity index (χ1) is 12.9. The van der Waals surface area contributed by atoms with Gasteiger partial charge in [0.2, 0.25) is 10.0 Å². The monoisotopic (exact) mass is 390 g/mol. The van der Waals surface area contributed by atoms with Gasteiger partial charge in [0.1, 0.15) is 11.5 Å². The van der Waals surface area contributed by atoms with Crippen molar-refractivity contribution in [3.8, 4) is 11.5 Å². The molecule has 1 N–H and O–H groups in total. The van der Waals surface area contributed by atoms with Crippen LogP contribution in [0.15, 0.2) is 52.4 Å². The summed E-state index contributed by atoms with van der Waals surface area (Å²) < 4.78 is 32.1. The fourth-order valence-electron chi connectivity index (χ4n) is 2.52. The average molecular weight is 391 g/mol. The Labute approximate surface area is 161 Å². The summed E-state index contributed by atoms with van der Waals surface area (Å²) in [5, 5.41) is 10.1. The topological polar surface area (TPSA) is 79.2 Å². The molecule has 146 valence electrons. The number of rotatable bonds is 9. The Morgan fingerprint density at radius 2 is 1.85 bits per heavy atom. The highest BCUT2D eigenvalue weighted by atomic mass is 32.2. The first kappa shape index (κ1) is 20.9. The molecule has 0 aromatic heterocycles. The fraction of sp³-hybridized carbons (Fsp3) is 0.350. The van der Waals surface area contributed by atoms with Crippen molar-refractivity contribution in [3.63, 3.8) is 0 Å². The minimum Gasteiger partial charge on any atom is -0.507 e. The van der Waals surface area contributed by atoms with Crippen molar-refractivity contribution in [1.82, 2.24) is 4.31 Å². The fourth-order valence-corrected chi connectivity index (χ4v) is 4.02. The Morgan fingerprint density at radius 3 is 2.48 bits per heavy atom. The van der Waals surface area contributed by atoms with Gasteiger partial charge in [-0.15, -0.1) is 0 Å². The van der Waals surface area contributed by atoms with Crippen LogP contribution in [0.5, 0.6) is 11.5 Å². The Kier molecular flexibility index (Phi) is 7.38. The van der Waals surface area contributed by atoms with E-state index in [0.29, 0.717) is 36.7 Å². The van der Waals surface area contributed by atoms with E-state index in [-0.39, 0.29) is 10.6 Å². The number of hydrogen-bond donors (Lipinski definition) is 1. The maximum Gasteiger partial charge on any atom is 0.243 e. The van der Waals surface area contributed by atoms with Crippen LogP contribution in [-0.4, -0.2) is 43.7 Å². The van der Waals surface area contributed by atoms with Crippen LogP contribution in [0, 0.1) is 0 Å². The van der Waals surface area contributed by atoms with Gasteiger partial charge in [0.05, 0.1) is 17.2 Å². The van der Waals surface area contributed by atoms with Crippen molar-refractivity contribution in [2.24, 2.45) is 4.99 Å². The number of phenols is 1. The van der Waals surface area contributed by atoms with Gasteiger partial charge in [0.25, 0.3) is 0 Å². The van der Waals surface area contributed by atoms with E-state index in [0.717, 1.165) is 6.42 Å². The van der Waals surface area contributed by atoms with Crippen molar-refractivity contribution < 1.29 is 18.3 Å². The van der Waals surface area contributed by atoms with Gasteiger partial charge in [0, 0.05) is 30.9 Å². The standard InChI is InChI=1S/C20H26N2O4S/c1-4-12-26-18-11-10-16(20(23)14-18)15-21-17-8-7-9-19(13-17)27(24,25)22(5-2)6-3/h7-11,13-15,23H,4-6,12H2,1-3H3. The molecule has 6 nitrogen and oxygen atoms in total. The van der Waals surface area contributed by atoms with Gasteiger partial charge in [0.15, 0.2) is 0 Å². The van der Waals surface area contributed by atoms with Gasteiger partial charge in [-0.05, 0) is 36.8 Å². The second-order valence-electron chi connectivity index (χ2n) is 5.91. The van der Waals surface area contributed by atoms with E-state index in [1.54, 1.807) is 44.2 Å². The molecule has 0 aliphatic rings. The highest BCUT2D eigenvalue weighted by Crippen LogP contribution is 2.25. The van der Waals surface area contributed by atoms with Gasteiger partial charge < -0.3 is 9.84 Å². The van der Waals surface area contributed by atoms with Crippen molar-refractivity contribution in [1.29, 1.82) is 0 Å². The summed E-state index contributed by atoms with van der Waals surface area (Å²) in [7, 11) is -3.54. The molecule has 7 heteroatoms. The minimum atomic E-state index is -3.54. The molecular formula is C20H26N2O4S. The largest absolute Gasteiger partial charge is 0.507 e. The summed E-state index contributed by atoms with van der Waals surface area (Å²) in [4.78, 5) is 4.51. The highest BCUT2D eigenvalue weighted by molar-refractivity contribution is 7.89. The molecule has 0 aliphatic carbocycles. The third-order valence-electron chi connectivity index (χ3n) is 3.99. The number of aromatic hydroxyl groups is 1. The lowest BCUT2D eigenvalue weighted by Gasteiger charge is -2.18. The summed E-state index contributed by atoms with van der Waals surface area (Å²) in [5.41, 5.74) is 1.02. The van der Waals surface area contributed by atoms with Crippen molar-refractivity contribution in [3.05, 3.63) is 48.0 Å². The zero-order chi connectivity index (χ0) is 19.9. The molecule has 0 heterocycles. The van der Waals surface area contributed by atoms with Gasteiger partial charge >= 0.3 is 0 Å². The summed E-state index contributed by atoms with van der Waals surface area (Å²) in [6.07, 6.45) is 2.39. The average Bonchev–Trinajstić information content (AvgIpc) is 2.66. The van der Waals surface area contributed by atoms with E-state index in [1.807, 2.05) is 6.92 Å². The van der Waals surface area contributed by atoms with Crippen molar-refractivity contribution in [2.45, 2.75) is 32.1 Å². The molecular weight excluding hydrogens is 364 g/mol. The van der Waals surface area contributed by atoms with Gasteiger partial charge in [-0.25, -0.2) is 8.42 Å². The third-order valence-corrected chi connectivity index (χ3v) is 6.03. The molecule has 0 amide bonds. The lowest BCUT2D eigenvalue weighted by Crippen LogP contribution is -2.30. The lowest BCUT2D eigenvalue weighted by molar-refractivity contribution is 0.315. The smallest absolute Gasteiger partial charge is 0.243 e. The molecule has 2 rings (SSSR count). The number of nitrogens with zero attached hydrogens (tertiary/aromatic N) is 2. The van der Waals surface area contributed by atoms with Crippen LogP contribution in [0.1, 0.15) is 32.8 Å². The quantitative estimate of drug-likeness (QED) is 0.657. The first-order valence-corrected chi connectivity index (χ1v) is 10.5. The molecule has 0 aliphatic heterocycles. The van der Waals surface area contributed by atoms with Crippen LogP contribution < -0.4 is 4.74 Å². The molecule has 0 saturated carbocycles. The Balaban J connectivity index is 2.23. The van der Waals surface area contributed by atoms with Crippen LogP contribution in [0.25, 0.3) is 0 Å². The molecule has 2 aromatic rings. The SMILES string of the molecule is CCCOc1ccc(C=Nc2cccc(S(=O)(=O)N(CC)CC)c2)c(O)c1. The maximum atomic E-state index is 12.6. The normalized spacial score (nSPS) is 12.0. The zero-order valence-electron chi connectivity index (χ0n) is 15.9. The lowest BCUT2D eigenvalue weighted by atomic mass is 10.2. The molecule has 0 fully saturated rings. The molecule has 0 spiro atoms. The van der Waals surface area contributed by atoms with Gasteiger partial charge in [-0.1, -0.05) is 26.8 Å². The third kappa shape index (κ3) is 5.30. The Hall–Kier alpha value is -2.38. The molecule has 0 unspecified atom stereocenters. The van der Waals surface area contributed by atoms with Crippen LogP contribution in [0.3, 0.4) is 0 Å². The number of ether oxygens (including phenoxy) is 1. The summed E-state index contributed by atoms with van der Waals surface area (Å²) in [5.74, 6) is 0.651. The second-order valence-corrected chi connectivity index (χ2v) is 7.85. The summed E-state index contributed by atoms with van der Waals surface area (Å²) in [6.45, 7) is 7.02. The maximum absolute atomic E-state index is 12.6. The highest BCUT2D eigenvalue weighted by Gasteiger charge is 2.21. The van der Waals surface area contributed by atoms with Crippen molar-refractivity contribution in [2.75, 3.05) is 19.7 Å². The van der Waals surface area contributed by atoms with Gasteiger partial charge in [-0.2, -0.15) is 4.31 Å².